The van der Waals surface area contributed by atoms with Crippen LogP contribution in [0.15, 0.2) is 0 Å². The Morgan fingerprint density at radius 2 is 1.80 bits per heavy atom. The van der Waals surface area contributed by atoms with Gasteiger partial charge in [-0.1, -0.05) is 13.8 Å². The van der Waals surface area contributed by atoms with Crippen molar-refractivity contribution >= 4 is 5.91 Å². The molecule has 0 heterocycles. The average Bonchev–Trinajstić information content (AvgIpc) is 2.01. The van der Waals surface area contributed by atoms with E-state index < -0.39 is 11.0 Å². The van der Waals surface area contributed by atoms with Crippen molar-refractivity contribution < 1.29 is 9.63 Å². The first-order valence-electron chi connectivity index (χ1n) is 5.30. The Labute approximate surface area is 92.5 Å². The summed E-state index contributed by atoms with van der Waals surface area (Å²) in [7, 11) is 0. The molecule has 1 amide bonds. The minimum atomic E-state index is -0.663. The summed E-state index contributed by atoms with van der Waals surface area (Å²) >= 11 is 0. The summed E-state index contributed by atoms with van der Waals surface area (Å²) in [4.78, 5) is 16.9. The smallest absolute Gasteiger partial charge is 0.251 e. The minimum Gasteiger partial charge on any atom is -0.325 e. The molecule has 0 unspecified atom stereocenters. The number of hydrogen-bond donors (Lipinski definition) is 2. The van der Waals surface area contributed by atoms with Gasteiger partial charge in [0.25, 0.3) is 5.91 Å². The molecule has 0 aliphatic carbocycles. The number of carbonyl (C=O) groups is 1. The Kier molecular flexibility index (Phi) is 4.74. The van der Waals surface area contributed by atoms with E-state index in [2.05, 4.69) is 5.48 Å². The van der Waals surface area contributed by atoms with Gasteiger partial charge in [0.05, 0.1) is 12.0 Å². The van der Waals surface area contributed by atoms with Crippen LogP contribution in [0, 0.1) is 11.3 Å². The average molecular weight is 216 g/mol. The van der Waals surface area contributed by atoms with Crippen LogP contribution in [0.3, 0.4) is 0 Å². The summed E-state index contributed by atoms with van der Waals surface area (Å²) in [6.07, 6.45) is 0. The molecule has 0 fully saturated rings. The Balaban J connectivity index is 4.21. The van der Waals surface area contributed by atoms with Crippen LogP contribution in [-0.4, -0.2) is 18.1 Å². The van der Waals surface area contributed by atoms with Gasteiger partial charge in [0.1, 0.15) is 0 Å². The van der Waals surface area contributed by atoms with Crippen LogP contribution < -0.4 is 11.2 Å². The fraction of sp³-hybridized carbons (Fsp3) is 0.909. The molecule has 0 rings (SSSR count). The second-order valence-corrected chi connectivity index (χ2v) is 5.48. The molecule has 0 radical (unpaired) electrons. The highest BCUT2D eigenvalue weighted by Gasteiger charge is 2.40. The second kappa shape index (κ2) is 4.94. The van der Waals surface area contributed by atoms with Gasteiger partial charge in [-0.15, -0.1) is 0 Å². The normalized spacial score (nSPS) is 13.1. The number of hydrogen-bond acceptors (Lipinski definition) is 3. The largest absolute Gasteiger partial charge is 0.325 e. The summed E-state index contributed by atoms with van der Waals surface area (Å²) in [5.41, 5.74) is 7.12. The number of carbonyl (C=O) groups excluding carboxylic acids is 1. The van der Waals surface area contributed by atoms with E-state index in [1.807, 2.05) is 27.7 Å². The third-order valence-corrected chi connectivity index (χ3v) is 2.76. The molecule has 0 aliphatic rings. The molecule has 0 aromatic rings. The maximum atomic E-state index is 11.8. The highest BCUT2D eigenvalue weighted by atomic mass is 16.7. The van der Waals surface area contributed by atoms with E-state index in [4.69, 9.17) is 10.6 Å². The van der Waals surface area contributed by atoms with Gasteiger partial charge in [0.2, 0.25) is 0 Å². The Morgan fingerprint density at radius 3 is 2.13 bits per heavy atom. The first-order chi connectivity index (χ1) is 6.59. The molecule has 0 aromatic carbocycles. The number of rotatable bonds is 5. The zero-order valence-corrected chi connectivity index (χ0v) is 10.7. The molecule has 4 nitrogen and oxygen atoms in total. The summed E-state index contributed by atoms with van der Waals surface area (Å²) in [5.74, 6) is 0.204. The lowest BCUT2D eigenvalue weighted by Gasteiger charge is -2.36. The third kappa shape index (κ3) is 4.18. The SMILES string of the molecule is CC(C)CONC(=O)C(C)(C)C(C)(C)N. The minimum absolute atomic E-state index is 0.185. The van der Waals surface area contributed by atoms with E-state index in [1.54, 1.807) is 13.8 Å². The highest BCUT2D eigenvalue weighted by molar-refractivity contribution is 5.82. The maximum absolute atomic E-state index is 11.8. The molecule has 4 heteroatoms. The van der Waals surface area contributed by atoms with Crippen LogP contribution in [0.25, 0.3) is 0 Å². The van der Waals surface area contributed by atoms with Gasteiger partial charge in [-0.3, -0.25) is 9.63 Å². The molecule has 3 N–H and O–H groups in total. The van der Waals surface area contributed by atoms with E-state index in [1.165, 1.54) is 0 Å². The molecule has 0 atom stereocenters. The Hall–Kier alpha value is -0.610. The molecule has 0 aliphatic heterocycles. The van der Waals surface area contributed by atoms with E-state index in [0.29, 0.717) is 12.5 Å². The summed E-state index contributed by atoms with van der Waals surface area (Å²) in [6.45, 7) is 11.8. The van der Waals surface area contributed by atoms with Crippen LogP contribution in [0.5, 0.6) is 0 Å². The van der Waals surface area contributed by atoms with Crippen molar-refractivity contribution in [2.45, 2.75) is 47.1 Å². The summed E-state index contributed by atoms with van der Waals surface area (Å²) in [6, 6.07) is 0. The number of nitrogens with two attached hydrogens (primary N) is 1. The van der Waals surface area contributed by atoms with Gasteiger partial charge in [-0.2, -0.15) is 0 Å². The fourth-order valence-corrected chi connectivity index (χ4v) is 0.694. The van der Waals surface area contributed by atoms with Crippen molar-refractivity contribution in [2.75, 3.05) is 6.61 Å². The van der Waals surface area contributed by atoms with Crippen molar-refractivity contribution in [1.82, 2.24) is 5.48 Å². The molecule has 15 heavy (non-hydrogen) atoms. The van der Waals surface area contributed by atoms with Crippen LogP contribution in [0.1, 0.15) is 41.5 Å². The number of nitrogens with one attached hydrogen (secondary N) is 1. The predicted octanol–water partition coefficient (Wildman–Crippen LogP) is 1.45. The lowest BCUT2D eigenvalue weighted by Crippen LogP contribution is -2.55. The van der Waals surface area contributed by atoms with Crippen molar-refractivity contribution in [1.29, 1.82) is 0 Å². The molecule has 0 spiro atoms. The monoisotopic (exact) mass is 216 g/mol. The van der Waals surface area contributed by atoms with Crippen LogP contribution in [0.2, 0.25) is 0 Å². The Bertz CT molecular complexity index is 217. The standard InChI is InChI=1S/C11H24N2O2/c1-8(2)7-15-13-9(14)10(3,4)11(5,6)12/h8H,7,12H2,1-6H3,(H,13,14). The first kappa shape index (κ1) is 14.4. The lowest BCUT2D eigenvalue weighted by molar-refractivity contribution is -0.146. The molecule has 0 bridgehead atoms. The zero-order chi connectivity index (χ0) is 12.3. The quantitative estimate of drug-likeness (QED) is 0.684. The van der Waals surface area contributed by atoms with E-state index in [0.717, 1.165) is 0 Å². The van der Waals surface area contributed by atoms with Crippen molar-refractivity contribution in [3.05, 3.63) is 0 Å². The van der Waals surface area contributed by atoms with Gasteiger partial charge in [-0.05, 0) is 33.6 Å². The first-order valence-corrected chi connectivity index (χ1v) is 5.30. The molecule has 0 aromatic heterocycles. The van der Waals surface area contributed by atoms with Gasteiger partial charge in [0, 0.05) is 5.54 Å². The van der Waals surface area contributed by atoms with Crippen LogP contribution in [0.4, 0.5) is 0 Å². The van der Waals surface area contributed by atoms with Gasteiger partial charge >= 0.3 is 0 Å². The highest BCUT2D eigenvalue weighted by Crippen LogP contribution is 2.28. The predicted molar refractivity (Wildman–Crippen MR) is 61.0 cm³/mol. The van der Waals surface area contributed by atoms with Gasteiger partial charge < -0.3 is 5.73 Å². The van der Waals surface area contributed by atoms with Crippen LogP contribution in [-0.2, 0) is 9.63 Å². The maximum Gasteiger partial charge on any atom is 0.251 e. The molecular weight excluding hydrogens is 192 g/mol. The number of hydroxylamine groups is 1. The van der Waals surface area contributed by atoms with Crippen LogP contribution >= 0.6 is 0 Å². The summed E-state index contributed by atoms with van der Waals surface area (Å²) < 4.78 is 0. The second-order valence-electron chi connectivity index (χ2n) is 5.48. The molecular formula is C11H24N2O2. The molecule has 90 valence electrons. The third-order valence-electron chi connectivity index (χ3n) is 2.76. The zero-order valence-electron chi connectivity index (χ0n) is 10.7. The molecule has 0 saturated carbocycles. The Morgan fingerprint density at radius 1 is 1.33 bits per heavy atom. The number of amides is 1. The van der Waals surface area contributed by atoms with Gasteiger partial charge in [-0.25, -0.2) is 5.48 Å². The summed E-state index contributed by atoms with van der Waals surface area (Å²) in [5, 5.41) is 0. The molecule has 0 saturated heterocycles. The van der Waals surface area contributed by atoms with E-state index >= 15 is 0 Å². The van der Waals surface area contributed by atoms with E-state index in [-0.39, 0.29) is 5.91 Å². The van der Waals surface area contributed by atoms with E-state index in [9.17, 15) is 4.79 Å². The van der Waals surface area contributed by atoms with Crippen molar-refractivity contribution in [3.63, 3.8) is 0 Å². The topological polar surface area (TPSA) is 64.3 Å². The van der Waals surface area contributed by atoms with Crippen molar-refractivity contribution in [3.8, 4) is 0 Å². The van der Waals surface area contributed by atoms with Crippen molar-refractivity contribution in [2.24, 2.45) is 17.1 Å². The lowest BCUT2D eigenvalue weighted by atomic mass is 9.75. The fourth-order valence-electron chi connectivity index (χ4n) is 0.694. The van der Waals surface area contributed by atoms with Gasteiger partial charge in [0.15, 0.2) is 0 Å².